The lowest BCUT2D eigenvalue weighted by Gasteiger charge is -2.23. The van der Waals surface area contributed by atoms with Gasteiger partial charge in [-0.25, -0.2) is 4.39 Å². The molecule has 0 aliphatic heterocycles. The normalized spacial score (nSPS) is 12.1. The van der Waals surface area contributed by atoms with Crippen molar-refractivity contribution < 1.29 is 22.7 Å². The monoisotopic (exact) mass is 331 g/mol. The molecule has 23 heavy (non-hydrogen) atoms. The van der Waals surface area contributed by atoms with E-state index in [1.807, 2.05) is 0 Å². The van der Waals surface area contributed by atoms with Crippen molar-refractivity contribution in [1.29, 1.82) is 0 Å². The number of hydrogen-bond donors (Lipinski definition) is 2. The summed E-state index contributed by atoms with van der Waals surface area (Å²) in [5.41, 5.74) is 1.79. The fourth-order valence-corrected chi connectivity index (χ4v) is 2.30. The van der Waals surface area contributed by atoms with Crippen molar-refractivity contribution >= 4 is 0 Å². The van der Waals surface area contributed by atoms with Crippen LogP contribution in [0.25, 0.3) is 11.3 Å². The maximum absolute atomic E-state index is 13.0. The zero-order valence-electron chi connectivity index (χ0n) is 12.3. The molecule has 2 N–H and O–H groups in total. The van der Waals surface area contributed by atoms with Crippen LogP contribution in [-0.2, 0) is 6.54 Å². The van der Waals surface area contributed by atoms with Gasteiger partial charge in [-0.05, 0) is 30.7 Å². The first-order valence-corrected chi connectivity index (χ1v) is 7.07. The Balaban J connectivity index is 2.17. The molecule has 1 aromatic heterocycles. The van der Waals surface area contributed by atoms with Gasteiger partial charge in [-0.2, -0.15) is 18.3 Å². The van der Waals surface area contributed by atoms with Gasteiger partial charge in [0, 0.05) is 30.8 Å². The molecule has 0 aliphatic rings. The first-order chi connectivity index (χ1) is 10.9. The van der Waals surface area contributed by atoms with Gasteiger partial charge in [-0.15, -0.1) is 0 Å². The molecule has 1 aromatic carbocycles. The van der Waals surface area contributed by atoms with Gasteiger partial charge in [0.2, 0.25) is 0 Å². The van der Waals surface area contributed by atoms with E-state index in [0.717, 1.165) is 0 Å². The van der Waals surface area contributed by atoms with Gasteiger partial charge in [0.15, 0.2) is 0 Å². The van der Waals surface area contributed by atoms with E-state index in [0.29, 0.717) is 16.8 Å². The second kappa shape index (κ2) is 7.56. The maximum atomic E-state index is 13.0. The molecular formula is C15H17F4N3O. The zero-order valence-corrected chi connectivity index (χ0v) is 12.3. The van der Waals surface area contributed by atoms with E-state index in [1.54, 1.807) is 0 Å². The second-order valence-corrected chi connectivity index (χ2v) is 5.18. The highest BCUT2D eigenvalue weighted by atomic mass is 19.4. The smallest absolute Gasteiger partial charge is 0.396 e. The van der Waals surface area contributed by atoms with E-state index in [9.17, 15) is 17.6 Å². The van der Waals surface area contributed by atoms with E-state index >= 15 is 0 Å². The lowest BCUT2D eigenvalue weighted by atomic mass is 10.1. The van der Waals surface area contributed by atoms with Crippen molar-refractivity contribution in [2.75, 3.05) is 19.7 Å². The van der Waals surface area contributed by atoms with Crippen LogP contribution in [0.1, 0.15) is 12.0 Å². The molecule has 0 amide bonds. The van der Waals surface area contributed by atoms with Crippen LogP contribution in [-0.4, -0.2) is 46.1 Å². The average Bonchev–Trinajstić information content (AvgIpc) is 2.92. The van der Waals surface area contributed by atoms with E-state index in [-0.39, 0.29) is 26.1 Å². The highest BCUT2D eigenvalue weighted by Gasteiger charge is 2.30. The van der Waals surface area contributed by atoms with Crippen molar-refractivity contribution in [3.05, 3.63) is 41.8 Å². The fraction of sp³-hybridized carbons (Fsp3) is 0.400. The SMILES string of the molecule is OCCCN(Cc1cn[nH]c1-c1ccc(F)cc1)CC(F)(F)F. The summed E-state index contributed by atoms with van der Waals surface area (Å²) in [7, 11) is 0. The van der Waals surface area contributed by atoms with Crippen molar-refractivity contribution in [2.24, 2.45) is 0 Å². The third-order valence-electron chi connectivity index (χ3n) is 3.28. The third kappa shape index (κ3) is 5.33. The van der Waals surface area contributed by atoms with Crippen molar-refractivity contribution in [3.63, 3.8) is 0 Å². The van der Waals surface area contributed by atoms with Crippen LogP contribution in [0.4, 0.5) is 17.6 Å². The summed E-state index contributed by atoms with van der Waals surface area (Å²) in [5, 5.41) is 15.4. The average molecular weight is 331 g/mol. The van der Waals surface area contributed by atoms with Gasteiger partial charge in [-0.1, -0.05) is 0 Å². The van der Waals surface area contributed by atoms with Gasteiger partial charge in [0.25, 0.3) is 0 Å². The molecule has 2 aromatic rings. The molecule has 0 saturated carbocycles. The Morgan fingerprint density at radius 1 is 1.17 bits per heavy atom. The number of aliphatic hydroxyl groups excluding tert-OH is 1. The summed E-state index contributed by atoms with van der Waals surface area (Å²) in [6, 6.07) is 5.63. The number of H-pyrrole nitrogens is 1. The molecule has 0 unspecified atom stereocenters. The van der Waals surface area contributed by atoms with Crippen molar-refractivity contribution in [2.45, 2.75) is 19.1 Å². The van der Waals surface area contributed by atoms with Gasteiger partial charge >= 0.3 is 6.18 Å². The minimum absolute atomic E-state index is 0.0305. The number of nitrogens with one attached hydrogen (secondary N) is 1. The summed E-state index contributed by atoms with van der Waals surface area (Å²) in [6.07, 6.45) is -2.62. The standard InChI is InChI=1S/C15H17F4N3O/c16-13-4-2-11(3-5-13)14-12(8-20-21-14)9-22(6-1-7-23)10-15(17,18)19/h2-5,8,23H,1,6-7,9-10H2,(H,20,21). The van der Waals surface area contributed by atoms with Gasteiger partial charge < -0.3 is 5.11 Å². The highest BCUT2D eigenvalue weighted by molar-refractivity contribution is 5.62. The Hall–Kier alpha value is -1.93. The third-order valence-corrected chi connectivity index (χ3v) is 3.28. The van der Waals surface area contributed by atoms with E-state index in [1.165, 1.54) is 35.4 Å². The van der Waals surface area contributed by atoms with Crippen molar-refractivity contribution in [1.82, 2.24) is 15.1 Å². The van der Waals surface area contributed by atoms with Crippen LogP contribution in [0.5, 0.6) is 0 Å². The van der Waals surface area contributed by atoms with Crippen LogP contribution in [0.15, 0.2) is 30.5 Å². The summed E-state index contributed by atoms with van der Waals surface area (Å²) in [6.45, 7) is -1.10. The molecule has 4 nitrogen and oxygen atoms in total. The second-order valence-electron chi connectivity index (χ2n) is 5.18. The number of nitrogens with zero attached hydrogens (tertiary/aromatic N) is 2. The molecule has 0 aliphatic carbocycles. The zero-order chi connectivity index (χ0) is 16.9. The molecule has 126 valence electrons. The molecule has 0 saturated heterocycles. The predicted octanol–water partition coefficient (Wildman–Crippen LogP) is 2.96. The summed E-state index contributed by atoms with van der Waals surface area (Å²) >= 11 is 0. The summed E-state index contributed by atoms with van der Waals surface area (Å²) < 4.78 is 51.0. The molecule has 0 atom stereocenters. The lowest BCUT2D eigenvalue weighted by Crippen LogP contribution is -2.34. The highest BCUT2D eigenvalue weighted by Crippen LogP contribution is 2.24. The van der Waals surface area contributed by atoms with E-state index in [2.05, 4.69) is 10.2 Å². The Morgan fingerprint density at radius 3 is 2.48 bits per heavy atom. The number of benzene rings is 1. The number of aliphatic hydroxyl groups is 1. The number of aromatic nitrogens is 2. The first kappa shape index (κ1) is 17.4. The Labute approximate surface area is 130 Å². The molecule has 8 heteroatoms. The molecule has 0 bridgehead atoms. The maximum Gasteiger partial charge on any atom is 0.401 e. The lowest BCUT2D eigenvalue weighted by molar-refractivity contribution is -0.147. The summed E-state index contributed by atoms with van der Waals surface area (Å²) in [4.78, 5) is 1.20. The van der Waals surface area contributed by atoms with Crippen LogP contribution < -0.4 is 0 Å². The minimum Gasteiger partial charge on any atom is -0.396 e. The number of aromatic amines is 1. The first-order valence-electron chi connectivity index (χ1n) is 7.07. The van der Waals surface area contributed by atoms with E-state index in [4.69, 9.17) is 5.11 Å². The quantitative estimate of drug-likeness (QED) is 0.767. The minimum atomic E-state index is -4.32. The molecule has 0 fully saturated rings. The van der Waals surface area contributed by atoms with Crippen molar-refractivity contribution in [3.8, 4) is 11.3 Å². The van der Waals surface area contributed by atoms with Gasteiger partial charge in [0.05, 0.1) is 18.4 Å². The number of hydrogen-bond acceptors (Lipinski definition) is 3. The van der Waals surface area contributed by atoms with Crippen LogP contribution in [0.2, 0.25) is 0 Å². The van der Waals surface area contributed by atoms with Gasteiger partial charge in [0.1, 0.15) is 5.82 Å². The number of alkyl halides is 3. The van der Waals surface area contributed by atoms with E-state index < -0.39 is 18.5 Å². The van der Waals surface area contributed by atoms with Crippen LogP contribution >= 0.6 is 0 Å². The largest absolute Gasteiger partial charge is 0.401 e. The number of rotatable bonds is 7. The topological polar surface area (TPSA) is 52.1 Å². The predicted molar refractivity (Wildman–Crippen MR) is 77.0 cm³/mol. The molecular weight excluding hydrogens is 314 g/mol. The Bertz CT molecular complexity index is 610. The molecule has 2 rings (SSSR count). The number of halogens is 4. The van der Waals surface area contributed by atoms with Gasteiger partial charge in [-0.3, -0.25) is 10.00 Å². The Kier molecular flexibility index (Phi) is 5.73. The molecule has 1 heterocycles. The van der Waals surface area contributed by atoms with Crippen LogP contribution in [0.3, 0.4) is 0 Å². The fourth-order valence-electron chi connectivity index (χ4n) is 2.30. The summed E-state index contributed by atoms with van der Waals surface area (Å²) in [5.74, 6) is -0.392. The Morgan fingerprint density at radius 2 is 1.87 bits per heavy atom. The molecule has 0 spiro atoms. The van der Waals surface area contributed by atoms with Crippen LogP contribution in [0, 0.1) is 5.82 Å². The molecule has 0 radical (unpaired) electrons.